The summed E-state index contributed by atoms with van der Waals surface area (Å²) >= 11 is 0. The van der Waals surface area contributed by atoms with Crippen molar-refractivity contribution in [2.24, 2.45) is 35.5 Å². The van der Waals surface area contributed by atoms with E-state index in [1.807, 2.05) is 48.5 Å². The average molecular weight is 481 g/mol. The van der Waals surface area contributed by atoms with E-state index in [0.717, 1.165) is 24.0 Å². The summed E-state index contributed by atoms with van der Waals surface area (Å²) in [5.74, 6) is -4.16. The fourth-order valence-electron chi connectivity index (χ4n) is 6.47. The number of nitrogens with zero attached hydrogens (tertiary/aromatic N) is 2. The van der Waals surface area contributed by atoms with Crippen molar-refractivity contribution in [3.63, 3.8) is 0 Å². The molecule has 0 radical (unpaired) electrons. The van der Waals surface area contributed by atoms with E-state index in [9.17, 15) is 19.2 Å². The maximum Gasteiger partial charge on any atom is 0.241 e. The van der Waals surface area contributed by atoms with Gasteiger partial charge in [-0.15, -0.1) is 0 Å². The maximum absolute atomic E-state index is 13.6. The minimum atomic E-state index is -0.553. The lowest BCUT2D eigenvalue weighted by Crippen LogP contribution is -2.64. The van der Waals surface area contributed by atoms with Gasteiger partial charge in [-0.25, -0.2) is 9.80 Å². The van der Waals surface area contributed by atoms with E-state index in [1.54, 1.807) is 24.3 Å². The Morgan fingerprint density at radius 1 is 0.500 bits per heavy atom. The monoisotopic (exact) mass is 480 g/mol. The zero-order valence-electron chi connectivity index (χ0n) is 20.3. The minimum absolute atomic E-state index is 0.285. The van der Waals surface area contributed by atoms with Gasteiger partial charge < -0.3 is 0 Å². The smallest absolute Gasteiger partial charge is 0.241 e. The summed E-state index contributed by atoms with van der Waals surface area (Å²) in [6, 6.07) is 15.0. The van der Waals surface area contributed by atoms with Crippen LogP contribution in [0.25, 0.3) is 0 Å². The van der Waals surface area contributed by atoms with E-state index in [1.165, 1.54) is 9.80 Å². The first-order chi connectivity index (χ1) is 17.4. The van der Waals surface area contributed by atoms with E-state index in [-0.39, 0.29) is 23.6 Å². The van der Waals surface area contributed by atoms with Crippen molar-refractivity contribution in [2.45, 2.75) is 26.7 Å². The predicted molar refractivity (Wildman–Crippen MR) is 136 cm³/mol. The molecular weight excluding hydrogens is 452 g/mol. The molecule has 2 aromatic rings. The van der Waals surface area contributed by atoms with Gasteiger partial charge in [0.05, 0.1) is 35.0 Å². The van der Waals surface area contributed by atoms with Crippen LogP contribution in [0.1, 0.15) is 25.0 Å². The number of benzene rings is 2. The molecule has 6 heteroatoms. The highest BCUT2D eigenvalue weighted by Gasteiger charge is 2.60. The fourth-order valence-corrected chi connectivity index (χ4v) is 6.47. The molecule has 0 bridgehead atoms. The van der Waals surface area contributed by atoms with Gasteiger partial charge in [0.15, 0.2) is 0 Å². The molecule has 36 heavy (non-hydrogen) atoms. The van der Waals surface area contributed by atoms with Crippen LogP contribution in [0, 0.1) is 35.5 Å². The quantitative estimate of drug-likeness (QED) is 0.488. The second-order valence-corrected chi connectivity index (χ2v) is 10.1. The Kier molecular flexibility index (Phi) is 5.29. The van der Waals surface area contributed by atoms with Gasteiger partial charge in [0.2, 0.25) is 23.6 Å². The van der Waals surface area contributed by atoms with Gasteiger partial charge in [-0.3, -0.25) is 19.2 Å². The van der Waals surface area contributed by atoms with E-state index in [4.69, 9.17) is 0 Å². The SMILES string of the molecule is CCc1ccc(N2C(=O)[C@H]3C=C[C@H]4C(=O)N(c5ccc(CC)cc5)C(=O)[C@@H]5C=C[C@@H](C2=O)C3C45)cc1. The standard InChI is InChI=1S/C30H28N2O4/c1-3-17-5-9-19(10-6-17)31-27(33)21-13-15-23-26-24(16-14-22(25(21)26)28(31)34)30(36)32(29(23)35)20-11-7-18(4-2)8-12-20/h5-16,21-26H,3-4H2,1-2H3/t21-,22-,23-,24+,25?,26?/m1/s1. The van der Waals surface area contributed by atoms with Crippen molar-refractivity contribution in [2.75, 3.05) is 9.80 Å². The molecule has 6 nitrogen and oxygen atoms in total. The van der Waals surface area contributed by atoms with Crippen LogP contribution in [0.4, 0.5) is 11.4 Å². The number of piperidine rings is 2. The molecule has 182 valence electrons. The van der Waals surface area contributed by atoms with Gasteiger partial charge in [0, 0.05) is 0 Å². The lowest BCUT2D eigenvalue weighted by molar-refractivity contribution is -0.148. The molecule has 4 aliphatic rings. The molecule has 2 heterocycles. The van der Waals surface area contributed by atoms with Crippen LogP contribution in [0.3, 0.4) is 0 Å². The topological polar surface area (TPSA) is 74.8 Å². The Hall–Kier alpha value is -3.80. The maximum atomic E-state index is 13.6. The molecule has 2 saturated heterocycles. The zero-order chi connectivity index (χ0) is 25.1. The van der Waals surface area contributed by atoms with Crippen LogP contribution in [0.5, 0.6) is 0 Å². The van der Waals surface area contributed by atoms with E-state index >= 15 is 0 Å². The summed E-state index contributed by atoms with van der Waals surface area (Å²) in [7, 11) is 0. The molecule has 4 amide bonds. The van der Waals surface area contributed by atoms with Gasteiger partial charge in [-0.1, -0.05) is 62.4 Å². The van der Waals surface area contributed by atoms with Crippen molar-refractivity contribution in [1.29, 1.82) is 0 Å². The number of amides is 4. The Bertz CT molecular complexity index is 1170. The van der Waals surface area contributed by atoms with Crippen molar-refractivity contribution >= 4 is 35.0 Å². The lowest BCUT2D eigenvalue weighted by atomic mass is 9.55. The molecule has 6 rings (SSSR count). The molecular formula is C30H28N2O4. The van der Waals surface area contributed by atoms with Crippen LogP contribution >= 0.6 is 0 Å². The summed E-state index contributed by atoms with van der Waals surface area (Å²) in [6.45, 7) is 4.11. The zero-order valence-corrected chi connectivity index (χ0v) is 20.3. The molecule has 2 aliphatic heterocycles. The highest BCUT2D eigenvalue weighted by atomic mass is 16.2. The van der Waals surface area contributed by atoms with Crippen molar-refractivity contribution in [3.8, 4) is 0 Å². The average Bonchev–Trinajstić information content (AvgIpc) is 2.91. The molecule has 2 aromatic carbocycles. The highest BCUT2D eigenvalue weighted by molar-refractivity contribution is 6.22. The van der Waals surface area contributed by atoms with Crippen LogP contribution in [0.15, 0.2) is 72.8 Å². The van der Waals surface area contributed by atoms with Gasteiger partial charge >= 0.3 is 0 Å². The van der Waals surface area contributed by atoms with Crippen molar-refractivity contribution in [3.05, 3.63) is 84.0 Å². The highest BCUT2D eigenvalue weighted by Crippen LogP contribution is 2.53. The second-order valence-electron chi connectivity index (χ2n) is 10.1. The lowest BCUT2D eigenvalue weighted by Gasteiger charge is -2.53. The van der Waals surface area contributed by atoms with Gasteiger partial charge in [0.1, 0.15) is 0 Å². The normalized spacial score (nSPS) is 30.6. The van der Waals surface area contributed by atoms with E-state index in [2.05, 4.69) is 13.8 Å². The Labute approximate surface area is 210 Å². The number of hydrogen-bond acceptors (Lipinski definition) is 4. The molecule has 0 spiro atoms. The van der Waals surface area contributed by atoms with Crippen LogP contribution in [-0.2, 0) is 32.0 Å². The molecule has 6 atom stereocenters. The third-order valence-corrected chi connectivity index (χ3v) is 8.38. The first kappa shape index (κ1) is 22.7. The number of imide groups is 2. The van der Waals surface area contributed by atoms with Gasteiger partial charge in [-0.2, -0.15) is 0 Å². The van der Waals surface area contributed by atoms with Gasteiger partial charge in [0.25, 0.3) is 0 Å². The van der Waals surface area contributed by atoms with Crippen LogP contribution in [-0.4, -0.2) is 23.6 Å². The second kappa shape index (κ2) is 8.40. The molecule has 2 aliphatic carbocycles. The summed E-state index contributed by atoms with van der Waals surface area (Å²) in [5.41, 5.74) is 3.37. The van der Waals surface area contributed by atoms with Crippen LogP contribution in [0.2, 0.25) is 0 Å². The number of aryl methyl sites for hydroxylation is 2. The van der Waals surface area contributed by atoms with E-state index < -0.39 is 35.5 Å². The van der Waals surface area contributed by atoms with Gasteiger partial charge in [-0.05, 0) is 60.1 Å². The molecule has 2 fully saturated rings. The first-order valence-corrected chi connectivity index (χ1v) is 12.7. The first-order valence-electron chi connectivity index (χ1n) is 12.7. The fraction of sp³-hybridized carbons (Fsp3) is 0.333. The van der Waals surface area contributed by atoms with Crippen LogP contribution < -0.4 is 9.80 Å². The summed E-state index contributed by atoms with van der Waals surface area (Å²) < 4.78 is 0. The minimum Gasteiger partial charge on any atom is -0.273 e. The number of carbonyl (C=O) groups is 4. The molecule has 0 aromatic heterocycles. The molecule has 0 saturated carbocycles. The number of anilines is 2. The third kappa shape index (κ3) is 3.16. The number of carbonyl (C=O) groups excluding carboxylic acids is 4. The van der Waals surface area contributed by atoms with E-state index in [0.29, 0.717) is 11.4 Å². The Morgan fingerprint density at radius 2 is 0.778 bits per heavy atom. The number of hydrogen-bond donors (Lipinski definition) is 0. The number of rotatable bonds is 4. The predicted octanol–water partition coefficient (Wildman–Crippen LogP) is 4.09. The summed E-state index contributed by atoms with van der Waals surface area (Å²) in [5, 5.41) is 0. The van der Waals surface area contributed by atoms with Crippen molar-refractivity contribution in [1.82, 2.24) is 0 Å². The van der Waals surface area contributed by atoms with Crippen molar-refractivity contribution < 1.29 is 19.2 Å². The largest absolute Gasteiger partial charge is 0.273 e. The summed E-state index contributed by atoms with van der Waals surface area (Å²) in [6.07, 6.45) is 8.92. The third-order valence-electron chi connectivity index (χ3n) is 8.38. The Balaban J connectivity index is 1.39. The molecule has 2 unspecified atom stereocenters. The summed E-state index contributed by atoms with van der Waals surface area (Å²) in [4.78, 5) is 57.1. The Morgan fingerprint density at radius 3 is 1.03 bits per heavy atom. The molecule has 0 N–H and O–H groups in total.